The Morgan fingerprint density at radius 3 is 3.16 bits per heavy atom. The fraction of sp³-hybridized carbons (Fsp3) is 0.357. The Balaban J connectivity index is 1.64. The molecule has 1 aliphatic rings. The first-order valence-corrected chi connectivity index (χ1v) is 6.40. The second kappa shape index (κ2) is 5.42. The molecule has 2 heterocycles. The van der Waals surface area contributed by atoms with Gasteiger partial charge >= 0.3 is 0 Å². The molecule has 100 valence electrons. The van der Waals surface area contributed by atoms with Crippen LogP contribution in [0.1, 0.15) is 5.56 Å². The highest BCUT2D eigenvalue weighted by Gasteiger charge is 2.21. The minimum absolute atomic E-state index is 0.0857. The highest BCUT2D eigenvalue weighted by atomic mass is 16.5. The van der Waals surface area contributed by atoms with Crippen molar-refractivity contribution in [2.45, 2.75) is 12.6 Å². The molecule has 5 heteroatoms. The molecule has 19 heavy (non-hydrogen) atoms. The number of morpholine rings is 1. The molecule has 0 saturated carbocycles. The summed E-state index contributed by atoms with van der Waals surface area (Å²) in [4.78, 5) is 11.9. The molecule has 5 nitrogen and oxygen atoms in total. The van der Waals surface area contributed by atoms with Crippen molar-refractivity contribution in [3.63, 3.8) is 0 Å². The average molecular weight is 260 g/mol. The van der Waals surface area contributed by atoms with Crippen molar-refractivity contribution in [1.82, 2.24) is 10.6 Å². The lowest BCUT2D eigenvalue weighted by Crippen LogP contribution is -2.47. The topological polar surface area (TPSA) is 63.5 Å². The third kappa shape index (κ3) is 2.62. The molecule has 0 spiro atoms. The van der Waals surface area contributed by atoms with Gasteiger partial charge in [0.2, 0.25) is 0 Å². The lowest BCUT2D eigenvalue weighted by atomic mass is 10.2. The first-order valence-electron chi connectivity index (χ1n) is 6.40. The van der Waals surface area contributed by atoms with Crippen LogP contribution in [-0.4, -0.2) is 31.7 Å². The maximum atomic E-state index is 11.9. The number of carbonyl (C=O) groups excluding carboxylic acids is 1. The molecule has 0 radical (unpaired) electrons. The third-order valence-corrected chi connectivity index (χ3v) is 3.23. The molecular weight excluding hydrogens is 244 g/mol. The Morgan fingerprint density at radius 2 is 2.32 bits per heavy atom. The van der Waals surface area contributed by atoms with Gasteiger partial charge in [-0.15, -0.1) is 0 Å². The largest absolute Gasteiger partial charge is 0.464 e. The van der Waals surface area contributed by atoms with E-state index in [9.17, 15) is 4.79 Å². The number of hydrogen-bond acceptors (Lipinski definition) is 4. The summed E-state index contributed by atoms with van der Waals surface area (Å²) in [6.45, 7) is 2.40. The molecule has 1 unspecified atom stereocenters. The third-order valence-electron chi connectivity index (χ3n) is 3.23. The zero-order valence-electron chi connectivity index (χ0n) is 10.5. The van der Waals surface area contributed by atoms with E-state index in [0.29, 0.717) is 19.7 Å². The Labute approximate surface area is 110 Å². The zero-order valence-corrected chi connectivity index (χ0v) is 10.5. The number of fused-ring (bicyclic) bond motifs is 1. The van der Waals surface area contributed by atoms with Gasteiger partial charge in [0.1, 0.15) is 11.7 Å². The average Bonchev–Trinajstić information content (AvgIpc) is 2.89. The van der Waals surface area contributed by atoms with Crippen molar-refractivity contribution < 1.29 is 13.9 Å². The summed E-state index contributed by atoms with van der Waals surface area (Å²) in [5, 5.41) is 7.05. The fourth-order valence-electron chi connectivity index (χ4n) is 2.20. The molecule has 2 N–H and O–H groups in total. The van der Waals surface area contributed by atoms with Gasteiger partial charge in [-0.25, -0.2) is 0 Å². The highest BCUT2D eigenvalue weighted by Crippen LogP contribution is 2.20. The van der Waals surface area contributed by atoms with Gasteiger partial charge in [-0.1, -0.05) is 18.2 Å². The van der Waals surface area contributed by atoms with Gasteiger partial charge in [0.05, 0.1) is 12.9 Å². The van der Waals surface area contributed by atoms with Crippen LogP contribution in [0.2, 0.25) is 0 Å². The number of benzene rings is 1. The Bertz CT molecular complexity index is 573. The fourth-order valence-corrected chi connectivity index (χ4v) is 2.20. The van der Waals surface area contributed by atoms with Crippen LogP contribution in [-0.2, 0) is 16.1 Å². The SMILES string of the molecule is O=C(NCc1coc2ccccc12)C1CNCCO1. The summed E-state index contributed by atoms with van der Waals surface area (Å²) in [7, 11) is 0. The second-order valence-electron chi connectivity index (χ2n) is 4.54. The molecule has 1 atom stereocenters. The summed E-state index contributed by atoms with van der Waals surface area (Å²) in [5.74, 6) is -0.0857. The molecule has 1 aliphatic heterocycles. The van der Waals surface area contributed by atoms with Gasteiger partial charge in [0.25, 0.3) is 5.91 Å². The maximum Gasteiger partial charge on any atom is 0.250 e. The van der Waals surface area contributed by atoms with Crippen molar-refractivity contribution >= 4 is 16.9 Å². The molecule has 1 saturated heterocycles. The van der Waals surface area contributed by atoms with Crippen LogP contribution in [0, 0.1) is 0 Å². The Kier molecular flexibility index (Phi) is 3.48. The van der Waals surface area contributed by atoms with Gasteiger partial charge in [-0.2, -0.15) is 0 Å². The second-order valence-corrected chi connectivity index (χ2v) is 4.54. The van der Waals surface area contributed by atoms with Crippen molar-refractivity contribution in [1.29, 1.82) is 0 Å². The monoisotopic (exact) mass is 260 g/mol. The van der Waals surface area contributed by atoms with Crippen LogP contribution in [0.15, 0.2) is 34.9 Å². The number of para-hydroxylation sites is 1. The van der Waals surface area contributed by atoms with E-state index in [0.717, 1.165) is 23.1 Å². The predicted molar refractivity (Wildman–Crippen MR) is 70.7 cm³/mol. The number of ether oxygens (including phenoxy) is 1. The van der Waals surface area contributed by atoms with Crippen molar-refractivity contribution in [2.75, 3.05) is 19.7 Å². The van der Waals surface area contributed by atoms with Crippen LogP contribution in [0.5, 0.6) is 0 Å². The van der Waals surface area contributed by atoms with Crippen LogP contribution in [0.4, 0.5) is 0 Å². The summed E-state index contributed by atoms with van der Waals surface area (Å²) >= 11 is 0. The van der Waals surface area contributed by atoms with E-state index in [-0.39, 0.29) is 5.91 Å². The smallest absolute Gasteiger partial charge is 0.250 e. The van der Waals surface area contributed by atoms with Crippen LogP contribution in [0.25, 0.3) is 11.0 Å². The standard InChI is InChI=1S/C14H16N2O3/c17-14(13-8-15-5-6-18-13)16-7-10-9-19-12-4-2-1-3-11(10)12/h1-4,9,13,15H,5-8H2,(H,16,17). The quantitative estimate of drug-likeness (QED) is 0.865. The van der Waals surface area contributed by atoms with Gasteiger partial charge in [-0.3, -0.25) is 4.79 Å². The van der Waals surface area contributed by atoms with Gasteiger partial charge in [0.15, 0.2) is 0 Å². The maximum absolute atomic E-state index is 11.9. The molecule has 0 aliphatic carbocycles. The lowest BCUT2D eigenvalue weighted by Gasteiger charge is -2.22. The van der Waals surface area contributed by atoms with Gasteiger partial charge in [0, 0.05) is 30.6 Å². The van der Waals surface area contributed by atoms with E-state index in [2.05, 4.69) is 10.6 Å². The van der Waals surface area contributed by atoms with Crippen LogP contribution >= 0.6 is 0 Å². The molecule has 3 rings (SSSR count). The van der Waals surface area contributed by atoms with Crippen LogP contribution in [0.3, 0.4) is 0 Å². The number of nitrogens with one attached hydrogen (secondary N) is 2. The molecule has 0 bridgehead atoms. The minimum Gasteiger partial charge on any atom is -0.464 e. The molecule has 1 fully saturated rings. The number of furan rings is 1. The van der Waals surface area contributed by atoms with E-state index in [1.165, 1.54) is 0 Å². The summed E-state index contributed by atoms with van der Waals surface area (Å²) in [6.07, 6.45) is 1.29. The van der Waals surface area contributed by atoms with E-state index in [1.54, 1.807) is 6.26 Å². The Hall–Kier alpha value is -1.85. The molecule has 2 aromatic rings. The predicted octanol–water partition coefficient (Wildman–Crippen LogP) is 1.04. The van der Waals surface area contributed by atoms with Crippen molar-refractivity contribution in [2.24, 2.45) is 0 Å². The lowest BCUT2D eigenvalue weighted by molar-refractivity contribution is -0.134. The molecule has 1 aromatic heterocycles. The van der Waals surface area contributed by atoms with Crippen LogP contribution < -0.4 is 10.6 Å². The Morgan fingerprint density at radius 1 is 1.42 bits per heavy atom. The zero-order chi connectivity index (χ0) is 13.1. The normalized spacial score (nSPS) is 19.5. The summed E-state index contributed by atoms with van der Waals surface area (Å²) in [5.41, 5.74) is 1.81. The number of hydrogen-bond donors (Lipinski definition) is 2. The first-order chi connectivity index (χ1) is 9.34. The molecule has 1 aromatic carbocycles. The van der Waals surface area contributed by atoms with Gasteiger partial charge in [-0.05, 0) is 6.07 Å². The van der Waals surface area contributed by atoms with Crippen molar-refractivity contribution in [3.05, 3.63) is 36.1 Å². The molecular formula is C14H16N2O3. The minimum atomic E-state index is -0.396. The molecule has 1 amide bonds. The first kappa shape index (κ1) is 12.2. The number of amides is 1. The van der Waals surface area contributed by atoms with E-state index < -0.39 is 6.10 Å². The van der Waals surface area contributed by atoms with Gasteiger partial charge < -0.3 is 19.8 Å². The van der Waals surface area contributed by atoms with Crippen molar-refractivity contribution in [3.8, 4) is 0 Å². The summed E-state index contributed by atoms with van der Waals surface area (Å²) in [6, 6.07) is 7.78. The summed E-state index contributed by atoms with van der Waals surface area (Å²) < 4.78 is 10.8. The van der Waals surface area contributed by atoms with E-state index in [4.69, 9.17) is 9.15 Å². The van der Waals surface area contributed by atoms with E-state index >= 15 is 0 Å². The number of rotatable bonds is 3. The highest BCUT2D eigenvalue weighted by molar-refractivity contribution is 5.83. The number of carbonyl (C=O) groups is 1. The van der Waals surface area contributed by atoms with E-state index in [1.807, 2.05) is 24.3 Å².